The van der Waals surface area contributed by atoms with Crippen molar-refractivity contribution < 1.29 is 19.1 Å². The molecule has 0 saturated carbocycles. The van der Waals surface area contributed by atoms with E-state index in [-0.39, 0.29) is 12.5 Å². The zero-order valence-electron chi connectivity index (χ0n) is 15.8. The third-order valence-electron chi connectivity index (χ3n) is 3.30. The fourth-order valence-electron chi connectivity index (χ4n) is 2.15. The largest absolute Gasteiger partial charge is 0.444 e. The van der Waals surface area contributed by atoms with Gasteiger partial charge in [0.1, 0.15) is 12.1 Å². The van der Waals surface area contributed by atoms with E-state index in [4.69, 9.17) is 16.3 Å². The maximum absolute atomic E-state index is 12.2. The summed E-state index contributed by atoms with van der Waals surface area (Å²) in [5.74, 6) is -0.723. The van der Waals surface area contributed by atoms with Crippen LogP contribution in [0.25, 0.3) is 0 Å². The van der Waals surface area contributed by atoms with Crippen LogP contribution in [0.3, 0.4) is 0 Å². The standard InChI is InChI=1S/C20H22ClN3O4/c1-20(2,3)28-19(27)22-12-17(25)23-15-5-4-6-16(11-15)24-18(26)13-7-9-14(21)10-8-13/h4-11H,12H2,1-3H3,(H,22,27)(H,23,25)(H,24,26). The number of nitrogens with one attached hydrogen (secondary N) is 3. The van der Waals surface area contributed by atoms with Crippen molar-refractivity contribution in [1.29, 1.82) is 0 Å². The van der Waals surface area contributed by atoms with Gasteiger partial charge in [0.05, 0.1) is 0 Å². The molecule has 0 aromatic heterocycles. The van der Waals surface area contributed by atoms with Gasteiger partial charge >= 0.3 is 6.09 Å². The Balaban J connectivity index is 1.90. The SMILES string of the molecule is CC(C)(C)OC(=O)NCC(=O)Nc1cccc(NC(=O)c2ccc(Cl)cc2)c1. The quantitative estimate of drug-likeness (QED) is 0.701. The van der Waals surface area contributed by atoms with Crippen LogP contribution >= 0.6 is 11.6 Å². The van der Waals surface area contributed by atoms with Crippen LogP contribution in [0.4, 0.5) is 16.2 Å². The van der Waals surface area contributed by atoms with Crippen molar-refractivity contribution in [3.05, 3.63) is 59.1 Å². The molecular formula is C20H22ClN3O4. The first-order chi connectivity index (χ1) is 13.1. The van der Waals surface area contributed by atoms with Crippen LogP contribution in [-0.2, 0) is 9.53 Å². The van der Waals surface area contributed by atoms with Crippen molar-refractivity contribution in [1.82, 2.24) is 5.32 Å². The predicted molar refractivity (Wildman–Crippen MR) is 109 cm³/mol. The summed E-state index contributed by atoms with van der Waals surface area (Å²) in [6.45, 7) is 4.96. The molecule has 0 aliphatic heterocycles. The highest BCUT2D eigenvalue weighted by atomic mass is 35.5. The second kappa shape index (κ2) is 9.23. The number of anilines is 2. The number of carbonyl (C=O) groups is 3. The first-order valence-electron chi connectivity index (χ1n) is 8.56. The fourth-order valence-corrected chi connectivity index (χ4v) is 2.28. The van der Waals surface area contributed by atoms with Crippen molar-refractivity contribution >= 4 is 40.9 Å². The minimum Gasteiger partial charge on any atom is -0.444 e. The van der Waals surface area contributed by atoms with E-state index in [1.165, 1.54) is 0 Å². The van der Waals surface area contributed by atoms with E-state index in [2.05, 4.69) is 16.0 Å². The number of alkyl carbamates (subject to hydrolysis) is 1. The van der Waals surface area contributed by atoms with E-state index in [0.717, 1.165) is 0 Å². The number of hydrogen-bond donors (Lipinski definition) is 3. The topological polar surface area (TPSA) is 96.5 Å². The van der Waals surface area contributed by atoms with Crippen LogP contribution < -0.4 is 16.0 Å². The van der Waals surface area contributed by atoms with Crippen LogP contribution in [0.15, 0.2) is 48.5 Å². The van der Waals surface area contributed by atoms with Crippen LogP contribution in [0.5, 0.6) is 0 Å². The second-order valence-corrected chi connectivity index (χ2v) is 7.38. The van der Waals surface area contributed by atoms with Crippen LogP contribution in [-0.4, -0.2) is 30.1 Å². The molecule has 0 unspecified atom stereocenters. The molecule has 0 aliphatic rings. The number of benzene rings is 2. The van der Waals surface area contributed by atoms with Gasteiger partial charge in [-0.05, 0) is 63.2 Å². The van der Waals surface area contributed by atoms with Gasteiger partial charge in [-0.15, -0.1) is 0 Å². The maximum atomic E-state index is 12.2. The number of rotatable bonds is 5. The van der Waals surface area contributed by atoms with Gasteiger partial charge in [0.15, 0.2) is 0 Å². The molecule has 7 nitrogen and oxygen atoms in total. The Kier molecular flexibility index (Phi) is 7.00. The molecule has 28 heavy (non-hydrogen) atoms. The van der Waals surface area contributed by atoms with Crippen molar-refractivity contribution in [3.63, 3.8) is 0 Å². The lowest BCUT2D eigenvalue weighted by atomic mass is 10.2. The first-order valence-corrected chi connectivity index (χ1v) is 8.94. The fraction of sp³-hybridized carbons (Fsp3) is 0.250. The third kappa shape index (κ3) is 7.28. The molecule has 0 radical (unpaired) electrons. The van der Waals surface area contributed by atoms with E-state index < -0.39 is 17.6 Å². The van der Waals surface area contributed by atoms with E-state index in [1.54, 1.807) is 69.3 Å². The molecular weight excluding hydrogens is 382 g/mol. The average molecular weight is 404 g/mol. The summed E-state index contributed by atoms with van der Waals surface area (Å²) >= 11 is 5.82. The predicted octanol–water partition coefficient (Wildman–Crippen LogP) is 4.06. The Labute approximate surface area is 168 Å². The van der Waals surface area contributed by atoms with Crippen LogP contribution in [0.1, 0.15) is 31.1 Å². The van der Waals surface area contributed by atoms with Crippen LogP contribution in [0, 0.1) is 0 Å². The van der Waals surface area contributed by atoms with E-state index in [1.807, 2.05) is 0 Å². The van der Waals surface area contributed by atoms with Gasteiger partial charge in [-0.1, -0.05) is 17.7 Å². The maximum Gasteiger partial charge on any atom is 0.408 e. The minimum absolute atomic E-state index is 0.240. The van der Waals surface area contributed by atoms with Gasteiger partial charge in [-0.25, -0.2) is 4.79 Å². The molecule has 0 bridgehead atoms. The monoisotopic (exact) mass is 403 g/mol. The van der Waals surface area contributed by atoms with E-state index >= 15 is 0 Å². The number of halogens is 1. The smallest absolute Gasteiger partial charge is 0.408 e. The van der Waals surface area contributed by atoms with Crippen molar-refractivity contribution in [2.24, 2.45) is 0 Å². The minimum atomic E-state index is -0.674. The van der Waals surface area contributed by atoms with Crippen molar-refractivity contribution in [3.8, 4) is 0 Å². The molecule has 0 heterocycles. The molecule has 2 aromatic carbocycles. The normalized spacial score (nSPS) is 10.7. The van der Waals surface area contributed by atoms with Gasteiger partial charge in [0.25, 0.3) is 5.91 Å². The molecule has 3 N–H and O–H groups in total. The molecule has 0 atom stereocenters. The summed E-state index contributed by atoms with van der Waals surface area (Å²) in [6.07, 6.45) is -0.674. The lowest BCUT2D eigenvalue weighted by molar-refractivity contribution is -0.115. The summed E-state index contributed by atoms with van der Waals surface area (Å²) < 4.78 is 5.06. The Morgan fingerprint density at radius 3 is 2.18 bits per heavy atom. The van der Waals surface area contributed by atoms with Gasteiger partial charge < -0.3 is 20.7 Å². The van der Waals surface area contributed by atoms with Gasteiger partial charge in [-0.3, -0.25) is 9.59 Å². The zero-order valence-corrected chi connectivity index (χ0v) is 16.6. The second-order valence-electron chi connectivity index (χ2n) is 6.95. The zero-order chi connectivity index (χ0) is 20.7. The Morgan fingerprint density at radius 1 is 0.964 bits per heavy atom. The number of hydrogen-bond acceptors (Lipinski definition) is 4. The molecule has 8 heteroatoms. The lowest BCUT2D eigenvalue weighted by Crippen LogP contribution is -2.37. The summed E-state index contributed by atoms with van der Waals surface area (Å²) in [4.78, 5) is 35.8. The summed E-state index contributed by atoms with van der Waals surface area (Å²) in [5, 5.41) is 8.31. The molecule has 3 amide bonds. The molecule has 0 aliphatic carbocycles. The van der Waals surface area contributed by atoms with Gasteiger partial charge in [0.2, 0.25) is 5.91 Å². The lowest BCUT2D eigenvalue weighted by Gasteiger charge is -2.19. The molecule has 0 fully saturated rings. The number of carbonyl (C=O) groups excluding carboxylic acids is 3. The summed E-state index contributed by atoms with van der Waals surface area (Å²) in [7, 11) is 0. The Hall–Kier alpha value is -3.06. The highest BCUT2D eigenvalue weighted by Crippen LogP contribution is 2.17. The van der Waals surface area contributed by atoms with Gasteiger partial charge in [-0.2, -0.15) is 0 Å². The average Bonchev–Trinajstić information content (AvgIpc) is 2.59. The summed E-state index contributed by atoms with van der Waals surface area (Å²) in [6, 6.07) is 13.2. The Bertz CT molecular complexity index is 860. The number of amides is 3. The van der Waals surface area contributed by atoms with Gasteiger partial charge in [0, 0.05) is 22.0 Å². The molecule has 0 saturated heterocycles. The Morgan fingerprint density at radius 2 is 1.57 bits per heavy atom. The molecule has 2 rings (SSSR count). The molecule has 2 aromatic rings. The van der Waals surface area contributed by atoms with E-state index in [9.17, 15) is 14.4 Å². The van der Waals surface area contributed by atoms with Crippen LogP contribution in [0.2, 0.25) is 5.02 Å². The van der Waals surface area contributed by atoms with Crippen molar-refractivity contribution in [2.45, 2.75) is 26.4 Å². The summed E-state index contributed by atoms with van der Waals surface area (Å²) in [5.41, 5.74) is 0.806. The molecule has 148 valence electrons. The first kappa shape index (κ1) is 21.2. The third-order valence-corrected chi connectivity index (χ3v) is 3.55. The number of ether oxygens (including phenoxy) is 1. The highest BCUT2D eigenvalue weighted by Gasteiger charge is 2.16. The highest BCUT2D eigenvalue weighted by molar-refractivity contribution is 6.30. The van der Waals surface area contributed by atoms with E-state index in [0.29, 0.717) is 22.0 Å². The molecule has 0 spiro atoms. The van der Waals surface area contributed by atoms with Crippen molar-refractivity contribution in [2.75, 3.05) is 17.2 Å².